The fraction of sp³-hybridized carbons (Fsp3) is 0.811. The Balaban J connectivity index is 3.96. The van der Waals surface area contributed by atoms with Crippen LogP contribution in [-0.2, 0) is 52.7 Å². The summed E-state index contributed by atoms with van der Waals surface area (Å²) in [6.45, 7) is 22.0. The van der Waals surface area contributed by atoms with E-state index in [4.69, 9.17) is 10.5 Å². The van der Waals surface area contributed by atoms with Gasteiger partial charge in [-0.3, -0.25) is 43.2 Å². The molecule has 9 unspecified atom stereocenters. The lowest BCUT2D eigenvalue weighted by Crippen LogP contribution is -2.61. The molecule has 73 heavy (non-hydrogen) atoms. The van der Waals surface area contributed by atoms with Crippen molar-refractivity contribution < 1.29 is 57.8 Å². The number of unbranched alkanes of at least 4 members (excludes halogenated alkanes) is 6. The summed E-state index contributed by atoms with van der Waals surface area (Å²) in [5, 5.41) is 28.5. The second kappa shape index (κ2) is 34.2. The summed E-state index contributed by atoms with van der Waals surface area (Å²) in [7, 11) is 0. The molecule has 9 atom stereocenters. The standard InChI is InChI=1S/C53H94N8O12/c1-13-35(12)46-53(72)73-36(22-20-18-16-14-15-17-19-21-30(2)3)28-43(63)55-37(23-24-42(54)62)47(66)56-38(25-31(4)5)48(67)57-39(26-32(6)7)50(69)60-45(34(10)11)52(71)59-41(29-44(64)65)49(68)58-40(27-33(8)9)51(70)61-46/h30-41,45-46H,13-29H2,1-12H3,(H2,54,62)(H,55,63)(H,56,66)(H,57,67)(H,58,68)(H,59,71)(H,60,69)(H,61,70)(H,64,65). The van der Waals surface area contributed by atoms with E-state index in [1.807, 2.05) is 34.6 Å². The Morgan fingerprint density at radius 2 is 0.959 bits per heavy atom. The van der Waals surface area contributed by atoms with Crippen molar-refractivity contribution in [2.45, 2.75) is 241 Å². The van der Waals surface area contributed by atoms with Crippen LogP contribution in [0.5, 0.6) is 0 Å². The lowest BCUT2D eigenvalue weighted by Gasteiger charge is -2.30. The number of carboxylic acid groups (broad SMARTS) is 1. The summed E-state index contributed by atoms with van der Waals surface area (Å²) in [6.07, 6.45) is 5.88. The van der Waals surface area contributed by atoms with Crippen LogP contribution in [0.15, 0.2) is 0 Å². The Hall–Kier alpha value is -5.30. The van der Waals surface area contributed by atoms with Crippen molar-refractivity contribution in [1.82, 2.24) is 37.2 Å². The molecule has 0 radical (unpaired) electrons. The molecule has 0 aromatic heterocycles. The van der Waals surface area contributed by atoms with Crippen molar-refractivity contribution in [1.29, 1.82) is 0 Å². The van der Waals surface area contributed by atoms with Crippen molar-refractivity contribution in [3.63, 3.8) is 0 Å². The van der Waals surface area contributed by atoms with E-state index in [0.717, 1.165) is 38.5 Å². The number of hydrogen-bond acceptors (Lipinski definition) is 11. The summed E-state index contributed by atoms with van der Waals surface area (Å²) in [5.74, 6) is -9.76. The fourth-order valence-corrected chi connectivity index (χ4v) is 8.55. The lowest BCUT2D eigenvalue weighted by molar-refractivity contribution is -0.156. The fourth-order valence-electron chi connectivity index (χ4n) is 8.55. The van der Waals surface area contributed by atoms with Crippen molar-refractivity contribution in [2.24, 2.45) is 41.2 Å². The zero-order valence-corrected chi connectivity index (χ0v) is 46.1. The van der Waals surface area contributed by atoms with Gasteiger partial charge in [-0.1, -0.05) is 134 Å². The Morgan fingerprint density at radius 3 is 1.40 bits per heavy atom. The Bertz CT molecular complexity index is 1810. The van der Waals surface area contributed by atoms with Gasteiger partial charge in [0.2, 0.25) is 47.3 Å². The number of nitrogens with two attached hydrogens (primary N) is 1. The number of carboxylic acids is 1. The molecule has 10 N–H and O–H groups in total. The molecule has 0 aromatic rings. The van der Waals surface area contributed by atoms with Gasteiger partial charge in [-0.25, -0.2) is 4.79 Å². The van der Waals surface area contributed by atoms with Gasteiger partial charge in [0, 0.05) is 6.42 Å². The van der Waals surface area contributed by atoms with Crippen LogP contribution in [0.2, 0.25) is 0 Å². The molecule has 20 heteroatoms. The number of nitrogens with one attached hydrogen (secondary N) is 7. The topological polar surface area (TPSA) is 310 Å². The minimum absolute atomic E-state index is 0.0459. The third-order valence-corrected chi connectivity index (χ3v) is 12.9. The number of primary amides is 1. The minimum atomic E-state index is -1.72. The van der Waals surface area contributed by atoms with Crippen LogP contribution in [0.3, 0.4) is 0 Å². The zero-order valence-electron chi connectivity index (χ0n) is 46.1. The SMILES string of the molecule is CCC(C)C1NC(=O)C(CC(C)C)NC(=O)C(CC(=O)O)NC(=O)C(C(C)C)NC(=O)C(CC(C)C)NC(=O)C(CC(C)C)NC(=O)C(CCC(N)=O)NC(=O)CC(CCCCCCCCCC(C)C)OC1=O. The summed E-state index contributed by atoms with van der Waals surface area (Å²) >= 11 is 0. The monoisotopic (exact) mass is 1030 g/mol. The average molecular weight is 1040 g/mol. The molecule has 20 nitrogen and oxygen atoms in total. The maximum Gasteiger partial charge on any atom is 0.329 e. The van der Waals surface area contributed by atoms with Crippen LogP contribution in [0, 0.1) is 35.5 Å². The van der Waals surface area contributed by atoms with E-state index in [0.29, 0.717) is 18.8 Å². The Morgan fingerprint density at radius 1 is 0.534 bits per heavy atom. The predicted molar refractivity (Wildman–Crippen MR) is 278 cm³/mol. The van der Waals surface area contributed by atoms with Crippen molar-refractivity contribution in [3.05, 3.63) is 0 Å². The summed E-state index contributed by atoms with van der Waals surface area (Å²) in [6, 6.07) is -9.49. The van der Waals surface area contributed by atoms with Gasteiger partial charge in [0.15, 0.2) is 0 Å². The van der Waals surface area contributed by atoms with Crippen LogP contribution < -0.4 is 43.0 Å². The van der Waals surface area contributed by atoms with E-state index >= 15 is 0 Å². The third kappa shape index (κ3) is 27.0. The van der Waals surface area contributed by atoms with Gasteiger partial charge in [0.1, 0.15) is 48.4 Å². The van der Waals surface area contributed by atoms with Gasteiger partial charge in [-0.2, -0.15) is 0 Å². The van der Waals surface area contributed by atoms with Crippen LogP contribution >= 0.6 is 0 Å². The number of esters is 1. The molecule has 8 amide bonds. The van der Waals surface area contributed by atoms with E-state index in [-0.39, 0.29) is 56.3 Å². The highest BCUT2D eigenvalue weighted by atomic mass is 16.5. The number of aliphatic carboxylic acids is 1. The molecule has 1 aliphatic rings. The van der Waals surface area contributed by atoms with Crippen LogP contribution in [0.4, 0.5) is 0 Å². The zero-order chi connectivity index (χ0) is 55.5. The number of carbonyl (C=O) groups excluding carboxylic acids is 9. The highest BCUT2D eigenvalue weighted by molar-refractivity contribution is 5.98. The van der Waals surface area contributed by atoms with E-state index < -0.39 is 132 Å². The largest absolute Gasteiger partial charge is 0.481 e. The Labute approximate surface area is 434 Å². The van der Waals surface area contributed by atoms with Crippen molar-refractivity contribution in [2.75, 3.05) is 0 Å². The first-order valence-electron chi connectivity index (χ1n) is 27.0. The molecule has 0 saturated carbocycles. The van der Waals surface area contributed by atoms with Crippen molar-refractivity contribution >= 4 is 59.2 Å². The third-order valence-electron chi connectivity index (χ3n) is 12.9. The first kappa shape index (κ1) is 65.7. The molecule has 1 fully saturated rings. The van der Waals surface area contributed by atoms with E-state index in [2.05, 4.69) is 51.1 Å². The molecule has 0 bridgehead atoms. The molecule has 1 heterocycles. The van der Waals surface area contributed by atoms with Crippen LogP contribution in [-0.4, -0.2) is 113 Å². The molecule has 0 aromatic carbocycles. The number of cyclic esters (lactones) is 1. The first-order valence-corrected chi connectivity index (χ1v) is 27.0. The van der Waals surface area contributed by atoms with Crippen molar-refractivity contribution in [3.8, 4) is 0 Å². The van der Waals surface area contributed by atoms with Gasteiger partial charge in [-0.05, 0) is 74.0 Å². The molecular formula is C53H94N8O12. The van der Waals surface area contributed by atoms with Crippen LogP contribution in [0.25, 0.3) is 0 Å². The maximum absolute atomic E-state index is 14.3. The van der Waals surface area contributed by atoms with Gasteiger partial charge < -0.3 is 52.8 Å². The van der Waals surface area contributed by atoms with E-state index in [1.165, 1.54) is 6.42 Å². The number of carbonyl (C=O) groups is 10. The van der Waals surface area contributed by atoms with Crippen LogP contribution in [0.1, 0.15) is 192 Å². The Kier molecular flexibility index (Phi) is 30.8. The number of amides is 8. The van der Waals surface area contributed by atoms with Gasteiger partial charge in [-0.15, -0.1) is 0 Å². The van der Waals surface area contributed by atoms with E-state index in [1.54, 1.807) is 34.6 Å². The average Bonchev–Trinajstić information content (AvgIpc) is 3.27. The molecule has 1 saturated heterocycles. The summed E-state index contributed by atoms with van der Waals surface area (Å²) in [4.78, 5) is 137. The maximum atomic E-state index is 14.3. The molecule has 0 aliphatic carbocycles. The van der Waals surface area contributed by atoms with E-state index in [9.17, 15) is 53.1 Å². The van der Waals surface area contributed by atoms with Gasteiger partial charge in [0.05, 0.1) is 12.8 Å². The second-order valence-electron chi connectivity index (χ2n) is 22.2. The normalized spacial score (nSPS) is 24.4. The highest BCUT2D eigenvalue weighted by Gasteiger charge is 2.38. The molecule has 1 aliphatic heterocycles. The molecule has 1 rings (SSSR count). The van der Waals surface area contributed by atoms with Gasteiger partial charge >= 0.3 is 11.9 Å². The smallest absolute Gasteiger partial charge is 0.329 e. The quantitative estimate of drug-likeness (QED) is 0.0479. The molecule has 0 spiro atoms. The molecule has 418 valence electrons. The summed E-state index contributed by atoms with van der Waals surface area (Å²) in [5.41, 5.74) is 5.49. The second-order valence-corrected chi connectivity index (χ2v) is 22.2. The minimum Gasteiger partial charge on any atom is -0.481 e. The predicted octanol–water partition coefficient (Wildman–Crippen LogP) is 4.44. The number of ether oxygens (including phenoxy) is 1. The summed E-state index contributed by atoms with van der Waals surface area (Å²) < 4.78 is 6.08. The van der Waals surface area contributed by atoms with Gasteiger partial charge in [0.25, 0.3) is 0 Å². The first-order chi connectivity index (χ1) is 34.1. The molecular weight excluding hydrogens is 941 g/mol. The lowest BCUT2D eigenvalue weighted by atomic mass is 9.97. The number of hydrogen-bond donors (Lipinski definition) is 9. The highest BCUT2D eigenvalue weighted by Crippen LogP contribution is 2.20. The number of rotatable bonds is 24.